The average molecular weight is 311 g/mol. The summed E-state index contributed by atoms with van der Waals surface area (Å²) in [5.74, 6) is 0.552. The topological polar surface area (TPSA) is 43.4 Å². The standard InChI is InChI=1S/C12H16Cl2O3S/c1-9(2)10(8-18(14,15)16)7-17-12-5-3-4-11(13)6-12/h3-6,9-10H,7-8H2,1-2H3. The molecule has 0 heterocycles. The van der Waals surface area contributed by atoms with Crippen LogP contribution < -0.4 is 4.74 Å². The van der Waals surface area contributed by atoms with Crippen LogP contribution in [0.2, 0.25) is 5.02 Å². The molecule has 6 heteroatoms. The summed E-state index contributed by atoms with van der Waals surface area (Å²) in [4.78, 5) is 0. The zero-order valence-corrected chi connectivity index (χ0v) is 12.6. The molecule has 0 aromatic heterocycles. The summed E-state index contributed by atoms with van der Waals surface area (Å²) in [6, 6.07) is 6.99. The molecule has 0 aliphatic rings. The Morgan fingerprint density at radius 3 is 2.50 bits per heavy atom. The fourth-order valence-electron chi connectivity index (χ4n) is 1.45. The maximum absolute atomic E-state index is 11.1. The Balaban J connectivity index is 2.63. The molecule has 1 aromatic carbocycles. The molecule has 1 rings (SSSR count). The predicted octanol–water partition coefficient (Wildman–Crippen LogP) is 3.56. The van der Waals surface area contributed by atoms with Crippen molar-refractivity contribution < 1.29 is 13.2 Å². The molecule has 1 unspecified atom stereocenters. The third-order valence-electron chi connectivity index (χ3n) is 2.62. The van der Waals surface area contributed by atoms with Crippen LogP contribution in [0.1, 0.15) is 13.8 Å². The van der Waals surface area contributed by atoms with Crippen molar-refractivity contribution in [3.8, 4) is 5.75 Å². The van der Waals surface area contributed by atoms with Gasteiger partial charge in [-0.15, -0.1) is 0 Å². The van der Waals surface area contributed by atoms with Crippen molar-refractivity contribution in [3.05, 3.63) is 29.3 Å². The van der Waals surface area contributed by atoms with Crippen LogP contribution in [0.3, 0.4) is 0 Å². The van der Waals surface area contributed by atoms with Gasteiger partial charge in [-0.05, 0) is 24.1 Å². The van der Waals surface area contributed by atoms with Crippen molar-refractivity contribution in [1.82, 2.24) is 0 Å². The summed E-state index contributed by atoms with van der Waals surface area (Å²) in [6.45, 7) is 4.17. The zero-order chi connectivity index (χ0) is 13.8. The number of halogens is 2. The lowest BCUT2D eigenvalue weighted by Crippen LogP contribution is -2.24. The van der Waals surface area contributed by atoms with Gasteiger partial charge in [-0.2, -0.15) is 0 Å². The second kappa shape index (κ2) is 6.64. The molecule has 18 heavy (non-hydrogen) atoms. The fourth-order valence-corrected chi connectivity index (χ4v) is 3.11. The minimum atomic E-state index is -3.51. The molecule has 1 aromatic rings. The number of rotatable bonds is 6. The molecule has 0 amide bonds. The molecule has 0 saturated carbocycles. The average Bonchev–Trinajstić information content (AvgIpc) is 2.22. The number of benzene rings is 1. The van der Waals surface area contributed by atoms with Crippen LogP contribution in [0.25, 0.3) is 0 Å². The second-order valence-electron chi connectivity index (χ2n) is 4.48. The van der Waals surface area contributed by atoms with Crippen molar-refractivity contribution in [2.24, 2.45) is 11.8 Å². The normalized spacial score (nSPS) is 13.6. The van der Waals surface area contributed by atoms with E-state index in [1.54, 1.807) is 24.3 Å². The maximum atomic E-state index is 11.1. The monoisotopic (exact) mass is 310 g/mol. The molecule has 3 nitrogen and oxygen atoms in total. The summed E-state index contributed by atoms with van der Waals surface area (Å²) in [5.41, 5.74) is 0. The van der Waals surface area contributed by atoms with Gasteiger partial charge in [0.15, 0.2) is 0 Å². The van der Waals surface area contributed by atoms with Gasteiger partial charge < -0.3 is 4.74 Å². The third kappa shape index (κ3) is 5.94. The predicted molar refractivity (Wildman–Crippen MR) is 74.9 cm³/mol. The van der Waals surface area contributed by atoms with Gasteiger partial charge in [0.05, 0.1) is 12.4 Å². The zero-order valence-electron chi connectivity index (χ0n) is 10.3. The van der Waals surface area contributed by atoms with Gasteiger partial charge in [-0.3, -0.25) is 0 Å². The van der Waals surface area contributed by atoms with E-state index < -0.39 is 9.05 Å². The molecule has 0 saturated heterocycles. The minimum absolute atomic E-state index is 0.0905. The lowest BCUT2D eigenvalue weighted by Gasteiger charge is -2.19. The number of hydrogen-bond acceptors (Lipinski definition) is 3. The van der Waals surface area contributed by atoms with Crippen LogP contribution in [-0.2, 0) is 9.05 Å². The smallest absolute Gasteiger partial charge is 0.233 e. The Kier molecular flexibility index (Phi) is 5.76. The highest BCUT2D eigenvalue weighted by atomic mass is 35.7. The van der Waals surface area contributed by atoms with Gasteiger partial charge in [-0.25, -0.2) is 8.42 Å². The van der Waals surface area contributed by atoms with Crippen molar-refractivity contribution in [1.29, 1.82) is 0 Å². The highest BCUT2D eigenvalue weighted by molar-refractivity contribution is 8.13. The number of hydrogen-bond donors (Lipinski definition) is 0. The van der Waals surface area contributed by atoms with Crippen LogP contribution >= 0.6 is 22.3 Å². The maximum Gasteiger partial charge on any atom is 0.233 e. The molecule has 0 fully saturated rings. The quantitative estimate of drug-likeness (QED) is 0.755. The Morgan fingerprint density at radius 2 is 2.00 bits per heavy atom. The first-order chi connectivity index (χ1) is 8.28. The van der Waals surface area contributed by atoms with Crippen molar-refractivity contribution in [2.75, 3.05) is 12.4 Å². The molecule has 0 aliphatic carbocycles. The molecule has 1 atom stereocenters. The molecule has 0 N–H and O–H groups in total. The molecule has 0 aliphatic heterocycles. The minimum Gasteiger partial charge on any atom is -0.493 e. The van der Waals surface area contributed by atoms with E-state index in [1.165, 1.54) is 0 Å². The van der Waals surface area contributed by atoms with Gasteiger partial charge in [0.1, 0.15) is 5.75 Å². The van der Waals surface area contributed by atoms with E-state index >= 15 is 0 Å². The SMILES string of the molecule is CC(C)C(COc1cccc(Cl)c1)CS(=O)(=O)Cl. The van der Waals surface area contributed by atoms with E-state index in [4.69, 9.17) is 27.0 Å². The molecular formula is C12H16Cl2O3S. The first-order valence-electron chi connectivity index (χ1n) is 5.58. The summed E-state index contributed by atoms with van der Waals surface area (Å²) < 4.78 is 27.7. The Labute approximate surface area is 117 Å². The highest BCUT2D eigenvalue weighted by Gasteiger charge is 2.21. The van der Waals surface area contributed by atoms with Crippen molar-refractivity contribution in [2.45, 2.75) is 13.8 Å². The van der Waals surface area contributed by atoms with E-state index in [2.05, 4.69) is 0 Å². The van der Waals surface area contributed by atoms with Crippen LogP contribution in [0.5, 0.6) is 5.75 Å². The Morgan fingerprint density at radius 1 is 1.33 bits per heavy atom. The summed E-state index contributed by atoms with van der Waals surface area (Å²) in [6.07, 6.45) is 0. The van der Waals surface area contributed by atoms with Crippen LogP contribution in [-0.4, -0.2) is 20.8 Å². The highest BCUT2D eigenvalue weighted by Crippen LogP contribution is 2.21. The van der Waals surface area contributed by atoms with Gasteiger partial charge in [-0.1, -0.05) is 31.5 Å². The van der Waals surface area contributed by atoms with Crippen molar-refractivity contribution >= 4 is 31.3 Å². The lowest BCUT2D eigenvalue weighted by molar-refractivity contribution is 0.225. The van der Waals surface area contributed by atoms with E-state index in [9.17, 15) is 8.42 Å². The van der Waals surface area contributed by atoms with E-state index in [1.807, 2.05) is 13.8 Å². The molecule has 0 radical (unpaired) electrons. The summed E-state index contributed by atoms with van der Waals surface area (Å²) >= 11 is 5.83. The van der Waals surface area contributed by atoms with Crippen LogP contribution in [0.4, 0.5) is 0 Å². The first-order valence-corrected chi connectivity index (χ1v) is 8.44. The van der Waals surface area contributed by atoms with Gasteiger partial charge in [0.2, 0.25) is 9.05 Å². The fraction of sp³-hybridized carbons (Fsp3) is 0.500. The first kappa shape index (κ1) is 15.6. The Bertz CT molecular complexity index is 486. The number of ether oxygens (including phenoxy) is 1. The largest absolute Gasteiger partial charge is 0.493 e. The van der Waals surface area contributed by atoms with E-state index in [0.29, 0.717) is 17.4 Å². The van der Waals surface area contributed by atoms with Gasteiger partial charge in [0, 0.05) is 21.6 Å². The molecule has 0 spiro atoms. The summed E-state index contributed by atoms with van der Waals surface area (Å²) in [7, 11) is 1.76. The third-order valence-corrected chi connectivity index (χ3v) is 4.06. The Hall–Kier alpha value is -0.450. The summed E-state index contributed by atoms with van der Waals surface area (Å²) in [5, 5.41) is 0.582. The van der Waals surface area contributed by atoms with Gasteiger partial charge >= 0.3 is 0 Å². The second-order valence-corrected chi connectivity index (χ2v) is 7.74. The van der Waals surface area contributed by atoms with Crippen LogP contribution in [0, 0.1) is 11.8 Å². The van der Waals surface area contributed by atoms with Crippen LogP contribution in [0.15, 0.2) is 24.3 Å². The van der Waals surface area contributed by atoms with E-state index in [-0.39, 0.29) is 17.6 Å². The lowest BCUT2D eigenvalue weighted by atomic mass is 9.99. The molecular weight excluding hydrogens is 295 g/mol. The van der Waals surface area contributed by atoms with Gasteiger partial charge in [0.25, 0.3) is 0 Å². The molecule has 0 bridgehead atoms. The van der Waals surface area contributed by atoms with E-state index in [0.717, 1.165) is 0 Å². The molecule has 102 valence electrons. The van der Waals surface area contributed by atoms with Crippen molar-refractivity contribution in [3.63, 3.8) is 0 Å².